The average Bonchev–Trinajstić information content (AvgIpc) is 2.79. The topological polar surface area (TPSA) is 68.5 Å². The fourth-order valence-corrected chi connectivity index (χ4v) is 2.55. The molecule has 5 nitrogen and oxygen atoms in total. The lowest BCUT2D eigenvalue weighted by Gasteiger charge is -2.18. The van der Waals surface area contributed by atoms with Crippen LogP contribution in [-0.2, 0) is 9.53 Å². The summed E-state index contributed by atoms with van der Waals surface area (Å²) < 4.78 is 6.64. The molecule has 1 N–H and O–H groups in total. The number of carboxylic acid groups (broad SMARTS) is 1. The second kappa shape index (κ2) is 5.99. The highest BCUT2D eigenvalue weighted by Crippen LogP contribution is 2.27. The fraction of sp³-hybridized carbons (Fsp3) is 0.375. The van der Waals surface area contributed by atoms with E-state index in [2.05, 4.69) is 0 Å². The largest absolute Gasteiger partial charge is 0.477 e. The second-order valence-electron chi connectivity index (χ2n) is 4.94. The van der Waals surface area contributed by atoms with Crippen molar-refractivity contribution in [2.24, 2.45) is 0 Å². The Morgan fingerprint density at radius 2 is 2.00 bits per heavy atom. The maximum absolute atomic E-state index is 12.1. The third kappa shape index (κ3) is 2.77. The van der Waals surface area contributed by atoms with Crippen LogP contribution < -0.4 is 0 Å². The van der Waals surface area contributed by atoms with E-state index in [0.29, 0.717) is 6.42 Å². The Morgan fingerprint density at radius 1 is 1.29 bits per heavy atom. The normalized spacial score (nSPS) is 12.3. The van der Waals surface area contributed by atoms with Crippen molar-refractivity contribution in [3.63, 3.8) is 0 Å². The number of hydrogen-bond donors (Lipinski definition) is 1. The van der Waals surface area contributed by atoms with Crippen LogP contribution in [0.1, 0.15) is 42.4 Å². The molecule has 1 unspecified atom stereocenters. The van der Waals surface area contributed by atoms with Crippen LogP contribution in [0, 0.1) is 6.92 Å². The molecule has 1 atom stereocenters. The molecule has 0 amide bonds. The number of aromatic carboxylic acids is 1. The monoisotopic (exact) mass is 289 g/mol. The summed E-state index contributed by atoms with van der Waals surface area (Å²) in [5.74, 6) is -1.45. The molecule has 1 aromatic carbocycles. The maximum Gasteiger partial charge on any atom is 0.352 e. The number of carboxylic acids is 1. The molecule has 1 heterocycles. The average molecular weight is 289 g/mol. The zero-order valence-corrected chi connectivity index (χ0v) is 12.4. The molecule has 0 aliphatic heterocycles. The van der Waals surface area contributed by atoms with Crippen LogP contribution in [0.15, 0.2) is 24.3 Å². The summed E-state index contributed by atoms with van der Waals surface area (Å²) in [5, 5.41) is 10.2. The summed E-state index contributed by atoms with van der Waals surface area (Å²) in [4.78, 5) is 23.6. The first-order chi connectivity index (χ1) is 9.99. The van der Waals surface area contributed by atoms with Gasteiger partial charge >= 0.3 is 11.9 Å². The van der Waals surface area contributed by atoms with E-state index in [4.69, 9.17) is 4.74 Å². The molecule has 0 saturated heterocycles. The molecule has 21 heavy (non-hydrogen) atoms. The number of benzene rings is 1. The number of nitrogens with zero attached hydrogens (tertiary/aromatic N) is 1. The Morgan fingerprint density at radius 3 is 2.57 bits per heavy atom. The molecule has 5 heteroatoms. The molecule has 0 aliphatic carbocycles. The zero-order chi connectivity index (χ0) is 15.6. The van der Waals surface area contributed by atoms with Crippen molar-refractivity contribution >= 4 is 22.8 Å². The Hall–Kier alpha value is -2.30. The third-order valence-electron chi connectivity index (χ3n) is 3.47. The molecule has 0 radical (unpaired) electrons. The van der Waals surface area contributed by atoms with Crippen LogP contribution in [0.25, 0.3) is 10.9 Å². The Kier molecular flexibility index (Phi) is 4.31. The number of hydrogen-bond acceptors (Lipinski definition) is 3. The van der Waals surface area contributed by atoms with Gasteiger partial charge in [-0.25, -0.2) is 9.59 Å². The minimum absolute atomic E-state index is 0.107. The molecule has 0 bridgehead atoms. The SMILES string of the molecule is CCOC(=O)C(CC)n1c(C(=O)O)cc2cc(C)ccc21. The van der Waals surface area contributed by atoms with Gasteiger partial charge < -0.3 is 14.4 Å². The molecule has 2 rings (SSSR count). The standard InChI is InChI=1S/C16H19NO4/c1-4-12(16(20)21-5-2)17-13-7-6-10(3)8-11(13)9-14(17)15(18)19/h6-9,12H,4-5H2,1-3H3,(H,18,19). The maximum atomic E-state index is 12.1. The lowest BCUT2D eigenvalue weighted by Crippen LogP contribution is -2.24. The predicted octanol–water partition coefficient (Wildman–Crippen LogP) is 3.16. The first-order valence-corrected chi connectivity index (χ1v) is 7.01. The van der Waals surface area contributed by atoms with E-state index >= 15 is 0 Å². The van der Waals surface area contributed by atoms with Crippen LogP contribution >= 0.6 is 0 Å². The predicted molar refractivity (Wildman–Crippen MR) is 79.6 cm³/mol. The summed E-state index contributed by atoms with van der Waals surface area (Å²) in [5.41, 5.74) is 1.88. The number of carbonyl (C=O) groups is 2. The molecule has 0 aliphatic rings. The van der Waals surface area contributed by atoms with Crippen molar-refractivity contribution in [3.05, 3.63) is 35.5 Å². The molecule has 0 spiro atoms. The van der Waals surface area contributed by atoms with Crippen LogP contribution in [0.4, 0.5) is 0 Å². The first kappa shape index (κ1) is 15.1. The summed E-state index contributed by atoms with van der Waals surface area (Å²) in [6.07, 6.45) is 0.469. The van der Waals surface area contributed by atoms with Crippen LogP contribution in [0.3, 0.4) is 0 Å². The number of rotatable bonds is 5. The van der Waals surface area contributed by atoms with Gasteiger partial charge in [-0.1, -0.05) is 18.6 Å². The van der Waals surface area contributed by atoms with E-state index < -0.39 is 18.0 Å². The number of aryl methyl sites for hydroxylation is 1. The number of ether oxygens (including phenoxy) is 1. The van der Waals surface area contributed by atoms with Gasteiger partial charge in [-0.05, 0) is 38.5 Å². The lowest BCUT2D eigenvalue weighted by atomic mass is 10.1. The molecule has 0 fully saturated rings. The van der Waals surface area contributed by atoms with E-state index in [1.807, 2.05) is 32.0 Å². The highest BCUT2D eigenvalue weighted by molar-refractivity contribution is 5.96. The van der Waals surface area contributed by atoms with Crippen molar-refractivity contribution in [3.8, 4) is 0 Å². The van der Waals surface area contributed by atoms with Crippen LogP contribution in [0.5, 0.6) is 0 Å². The summed E-state index contributed by atoms with van der Waals surface area (Å²) in [6, 6.07) is 6.64. The summed E-state index contributed by atoms with van der Waals surface area (Å²) in [6.45, 7) is 5.79. The van der Waals surface area contributed by atoms with Gasteiger partial charge in [-0.3, -0.25) is 0 Å². The van der Waals surface area contributed by atoms with Crippen LogP contribution in [-0.4, -0.2) is 28.2 Å². The fourth-order valence-electron chi connectivity index (χ4n) is 2.55. The van der Waals surface area contributed by atoms with Gasteiger partial charge in [0.15, 0.2) is 0 Å². The van der Waals surface area contributed by atoms with E-state index in [0.717, 1.165) is 16.5 Å². The zero-order valence-electron chi connectivity index (χ0n) is 12.4. The minimum atomic E-state index is -1.05. The second-order valence-corrected chi connectivity index (χ2v) is 4.94. The quantitative estimate of drug-likeness (QED) is 0.858. The smallest absolute Gasteiger partial charge is 0.352 e. The molecule has 1 aromatic heterocycles. The minimum Gasteiger partial charge on any atom is -0.477 e. The number of fused-ring (bicyclic) bond motifs is 1. The Labute approximate surface area is 123 Å². The third-order valence-corrected chi connectivity index (χ3v) is 3.47. The van der Waals surface area contributed by atoms with Gasteiger partial charge in [0.2, 0.25) is 0 Å². The van der Waals surface area contributed by atoms with Gasteiger partial charge in [0.05, 0.1) is 6.61 Å². The molecular weight excluding hydrogens is 270 g/mol. The van der Waals surface area contributed by atoms with Gasteiger partial charge in [0, 0.05) is 10.9 Å². The first-order valence-electron chi connectivity index (χ1n) is 7.01. The molecule has 2 aromatic rings. The van der Waals surface area contributed by atoms with Crippen molar-refractivity contribution in [2.45, 2.75) is 33.2 Å². The Balaban J connectivity index is 2.66. The summed E-state index contributed by atoms with van der Waals surface area (Å²) in [7, 11) is 0. The number of esters is 1. The highest BCUT2D eigenvalue weighted by atomic mass is 16.5. The molecule has 0 saturated carbocycles. The van der Waals surface area contributed by atoms with Crippen molar-refractivity contribution in [1.29, 1.82) is 0 Å². The summed E-state index contributed by atoms with van der Waals surface area (Å²) >= 11 is 0. The lowest BCUT2D eigenvalue weighted by molar-refractivity contribution is -0.147. The Bertz CT molecular complexity index is 687. The molecule has 112 valence electrons. The van der Waals surface area contributed by atoms with Crippen molar-refractivity contribution < 1.29 is 19.4 Å². The van der Waals surface area contributed by atoms with Gasteiger partial charge in [-0.15, -0.1) is 0 Å². The number of carbonyl (C=O) groups excluding carboxylic acids is 1. The van der Waals surface area contributed by atoms with Crippen LogP contribution in [0.2, 0.25) is 0 Å². The van der Waals surface area contributed by atoms with E-state index in [9.17, 15) is 14.7 Å². The van der Waals surface area contributed by atoms with E-state index in [1.54, 1.807) is 17.6 Å². The highest BCUT2D eigenvalue weighted by Gasteiger charge is 2.26. The van der Waals surface area contributed by atoms with Crippen molar-refractivity contribution in [1.82, 2.24) is 4.57 Å². The van der Waals surface area contributed by atoms with E-state index in [-0.39, 0.29) is 12.3 Å². The molecular formula is C16H19NO4. The van der Waals surface area contributed by atoms with Gasteiger partial charge in [-0.2, -0.15) is 0 Å². The van der Waals surface area contributed by atoms with Gasteiger partial charge in [0.25, 0.3) is 0 Å². The van der Waals surface area contributed by atoms with Crippen molar-refractivity contribution in [2.75, 3.05) is 6.61 Å². The number of aromatic nitrogens is 1. The van der Waals surface area contributed by atoms with Gasteiger partial charge in [0.1, 0.15) is 11.7 Å². The van der Waals surface area contributed by atoms with E-state index in [1.165, 1.54) is 0 Å².